The van der Waals surface area contributed by atoms with E-state index >= 15 is 8.78 Å². The van der Waals surface area contributed by atoms with Crippen LogP contribution in [0.3, 0.4) is 0 Å². The maximum Gasteiger partial charge on any atom is 0.416 e. The highest BCUT2D eigenvalue weighted by molar-refractivity contribution is 6.31. The molecule has 1 aromatic heterocycles. The second-order valence-electron chi connectivity index (χ2n) is 13.1. The lowest BCUT2D eigenvalue weighted by molar-refractivity contribution is -0.144. The molecule has 4 bridgehead atoms. The molecule has 2 aliphatic rings. The highest BCUT2D eigenvalue weighted by Crippen LogP contribution is 2.42. The molecule has 6 rings (SSSR count). The Kier molecular flexibility index (Phi) is 10.7. The number of carbonyl (C=O) groups excluding carboxylic acids is 2. The van der Waals surface area contributed by atoms with Gasteiger partial charge < -0.3 is 14.8 Å². The Labute approximate surface area is 305 Å². The van der Waals surface area contributed by atoms with Crippen molar-refractivity contribution in [3.05, 3.63) is 115 Å². The second kappa shape index (κ2) is 14.9. The molecule has 0 aliphatic carbocycles. The van der Waals surface area contributed by atoms with E-state index in [2.05, 4.69) is 5.32 Å². The Hall–Kier alpha value is -4.82. The number of fused-ring (bicyclic) bond motifs is 6. The van der Waals surface area contributed by atoms with E-state index in [0.29, 0.717) is 27.3 Å². The topological polar surface area (TPSA) is 89.9 Å². The number of hydrogen-bond acceptors (Lipinski definition) is 6. The molecule has 3 aromatic carbocycles. The monoisotopic (exact) mass is 761 g/mol. The smallest absolute Gasteiger partial charge is 0.416 e. The predicted octanol–water partition coefficient (Wildman–Crippen LogP) is 7.78. The van der Waals surface area contributed by atoms with E-state index in [9.17, 15) is 31.9 Å². The molecular formula is C38H34ClF6N3O5. The van der Waals surface area contributed by atoms with Gasteiger partial charge in [-0.05, 0) is 85.8 Å². The Balaban J connectivity index is 1.59. The van der Waals surface area contributed by atoms with Crippen LogP contribution >= 0.6 is 11.6 Å². The molecule has 53 heavy (non-hydrogen) atoms. The van der Waals surface area contributed by atoms with Gasteiger partial charge in [-0.15, -0.1) is 0 Å². The molecule has 0 saturated carbocycles. The zero-order chi connectivity index (χ0) is 38.4. The predicted molar refractivity (Wildman–Crippen MR) is 184 cm³/mol. The number of likely N-dealkylation sites (tertiary alicyclic amines) is 1. The summed E-state index contributed by atoms with van der Waals surface area (Å²) in [5.74, 6) is -3.64. The molecule has 0 unspecified atom stereocenters. The number of aryl methyl sites for hydroxylation is 2. The number of nitrogens with one attached hydrogen (secondary N) is 1. The standard InChI is InChI=1S/C38H34ClF6N3O5/c1-4-52-33(50)15-30-27-11-22(9-20(3)35(27)42)34-19(2)10-23(39)12-31(34)53-25-5-6-29(41)26(13-25)36(37(51)46-30)48-16-21(7-8-47-17-24(40)18-47)28(14-32(48)49)38(43,44)45/h5-6,9-14,16,24,30,36H,4,7-8,15,17-18H2,1-3H3,(H,46,51)/t30-,36-/m0/s1. The summed E-state index contributed by atoms with van der Waals surface area (Å²) < 4.78 is 100. The van der Waals surface area contributed by atoms with Crippen LogP contribution in [0.2, 0.25) is 5.02 Å². The van der Waals surface area contributed by atoms with Crippen molar-refractivity contribution in [1.82, 2.24) is 14.8 Å². The molecule has 8 nitrogen and oxygen atoms in total. The van der Waals surface area contributed by atoms with Gasteiger partial charge in [0.15, 0.2) is 0 Å². The van der Waals surface area contributed by atoms with Gasteiger partial charge in [-0.2, -0.15) is 13.2 Å². The maximum atomic E-state index is 16.1. The zero-order valence-corrected chi connectivity index (χ0v) is 29.5. The average Bonchev–Trinajstić information content (AvgIpc) is 3.05. The van der Waals surface area contributed by atoms with E-state index in [-0.39, 0.29) is 60.3 Å². The van der Waals surface area contributed by atoms with Gasteiger partial charge in [0, 0.05) is 59.7 Å². The van der Waals surface area contributed by atoms with Crippen LogP contribution in [0.5, 0.6) is 11.5 Å². The lowest BCUT2D eigenvalue weighted by Crippen LogP contribution is -2.49. The molecule has 2 atom stereocenters. The third-order valence-corrected chi connectivity index (χ3v) is 9.52. The summed E-state index contributed by atoms with van der Waals surface area (Å²) >= 11 is 6.41. The molecule has 3 heterocycles. The first-order valence-corrected chi connectivity index (χ1v) is 17.1. The van der Waals surface area contributed by atoms with Crippen LogP contribution in [0.4, 0.5) is 26.3 Å². The molecule has 0 spiro atoms. The Bertz CT molecular complexity index is 2150. The Morgan fingerprint density at radius 3 is 2.43 bits per heavy atom. The van der Waals surface area contributed by atoms with Crippen molar-refractivity contribution in [2.45, 2.75) is 58.0 Å². The SMILES string of the molecule is CCOC(=O)C[C@@H]1NC(=O)[C@@H](n2cc(CCN3CC(F)C3)c(C(F)(F)F)cc2=O)c2cc(ccc2F)Oc2cc(Cl)cc(C)c2-c2cc(C)c(F)c1c2. The van der Waals surface area contributed by atoms with Crippen molar-refractivity contribution in [3.8, 4) is 22.6 Å². The first-order chi connectivity index (χ1) is 25.0. The molecule has 1 fully saturated rings. The van der Waals surface area contributed by atoms with Crippen LogP contribution < -0.4 is 15.6 Å². The average molecular weight is 762 g/mol. The van der Waals surface area contributed by atoms with Crippen LogP contribution in [-0.4, -0.2) is 53.8 Å². The van der Waals surface area contributed by atoms with Crippen LogP contribution in [-0.2, 0) is 26.9 Å². The van der Waals surface area contributed by atoms with Gasteiger partial charge in [0.25, 0.3) is 5.56 Å². The summed E-state index contributed by atoms with van der Waals surface area (Å²) in [5.41, 5.74) is -1.99. The van der Waals surface area contributed by atoms with Gasteiger partial charge in [0.05, 0.1) is 24.6 Å². The van der Waals surface area contributed by atoms with Crippen molar-refractivity contribution < 1.29 is 45.4 Å². The number of carbonyl (C=O) groups is 2. The number of benzene rings is 3. The van der Waals surface area contributed by atoms with E-state index < -0.39 is 76.6 Å². The number of hydrogen-bond donors (Lipinski definition) is 1. The van der Waals surface area contributed by atoms with Gasteiger partial charge >= 0.3 is 12.1 Å². The van der Waals surface area contributed by atoms with E-state index in [1.165, 1.54) is 25.1 Å². The molecule has 15 heteroatoms. The number of rotatable bonds is 7. The lowest BCUT2D eigenvalue weighted by Gasteiger charge is -2.34. The summed E-state index contributed by atoms with van der Waals surface area (Å²) in [6, 6.07) is 6.30. The first kappa shape index (κ1) is 37.9. The molecule has 1 amide bonds. The largest absolute Gasteiger partial charge is 0.466 e. The molecule has 2 aliphatic heterocycles. The van der Waals surface area contributed by atoms with Gasteiger partial charge in [-0.25, -0.2) is 13.2 Å². The fourth-order valence-corrected chi connectivity index (χ4v) is 7.06. The van der Waals surface area contributed by atoms with Crippen LogP contribution in [0.1, 0.15) is 58.8 Å². The Morgan fingerprint density at radius 2 is 1.75 bits per heavy atom. The lowest BCUT2D eigenvalue weighted by atomic mass is 9.92. The fraction of sp³-hybridized carbons (Fsp3) is 0.342. The number of aromatic nitrogens is 1. The number of halogens is 7. The molecule has 1 N–H and O–H groups in total. The minimum Gasteiger partial charge on any atom is -0.466 e. The quantitative estimate of drug-likeness (QED) is 0.153. The third-order valence-electron chi connectivity index (χ3n) is 9.30. The van der Waals surface area contributed by atoms with Crippen molar-refractivity contribution in [3.63, 3.8) is 0 Å². The van der Waals surface area contributed by atoms with Crippen molar-refractivity contribution in [2.75, 3.05) is 26.2 Å². The summed E-state index contributed by atoms with van der Waals surface area (Å²) in [6.45, 7) is 4.78. The molecule has 280 valence electrons. The van der Waals surface area contributed by atoms with E-state index in [4.69, 9.17) is 21.1 Å². The molecule has 1 saturated heterocycles. The molecular weight excluding hydrogens is 728 g/mol. The van der Waals surface area contributed by atoms with Crippen molar-refractivity contribution >= 4 is 23.5 Å². The second-order valence-corrected chi connectivity index (χ2v) is 13.5. The number of esters is 1. The van der Waals surface area contributed by atoms with Gasteiger partial charge in [-0.3, -0.25) is 23.9 Å². The first-order valence-electron chi connectivity index (χ1n) is 16.8. The van der Waals surface area contributed by atoms with Gasteiger partial charge in [0.1, 0.15) is 35.3 Å². The molecule has 4 aromatic rings. The maximum absolute atomic E-state index is 16.1. The fourth-order valence-electron chi connectivity index (χ4n) is 6.80. The number of amides is 1. The number of nitrogens with zero attached hydrogens (tertiary/aromatic N) is 2. The zero-order valence-electron chi connectivity index (χ0n) is 28.8. The normalized spacial score (nSPS) is 17.7. The van der Waals surface area contributed by atoms with Gasteiger partial charge in [-0.1, -0.05) is 11.6 Å². The number of pyridine rings is 1. The summed E-state index contributed by atoms with van der Waals surface area (Å²) in [6.07, 6.45) is -6.15. The van der Waals surface area contributed by atoms with E-state index in [0.717, 1.165) is 18.3 Å². The minimum atomic E-state index is -4.98. The highest BCUT2D eigenvalue weighted by Gasteiger charge is 2.38. The summed E-state index contributed by atoms with van der Waals surface area (Å²) in [7, 11) is 0. The Morgan fingerprint density at radius 1 is 1.02 bits per heavy atom. The van der Waals surface area contributed by atoms with Crippen molar-refractivity contribution in [1.29, 1.82) is 0 Å². The van der Waals surface area contributed by atoms with Crippen LogP contribution in [0.25, 0.3) is 11.1 Å². The summed E-state index contributed by atoms with van der Waals surface area (Å²) in [5, 5.41) is 2.85. The summed E-state index contributed by atoms with van der Waals surface area (Å²) in [4.78, 5) is 42.6. The van der Waals surface area contributed by atoms with Crippen molar-refractivity contribution in [2.24, 2.45) is 0 Å². The van der Waals surface area contributed by atoms with E-state index in [1.807, 2.05) is 0 Å². The van der Waals surface area contributed by atoms with Crippen LogP contribution in [0, 0.1) is 25.5 Å². The van der Waals surface area contributed by atoms with E-state index in [1.54, 1.807) is 30.9 Å². The van der Waals surface area contributed by atoms with Gasteiger partial charge in [0.2, 0.25) is 5.91 Å². The highest BCUT2D eigenvalue weighted by atomic mass is 35.5. The minimum absolute atomic E-state index is 0.00816. The third kappa shape index (κ3) is 7.93. The number of alkyl halides is 4. The molecule has 0 radical (unpaired) electrons. The van der Waals surface area contributed by atoms with Crippen LogP contribution in [0.15, 0.2) is 59.5 Å². The number of ether oxygens (including phenoxy) is 2.